The Balaban J connectivity index is 1.71. The number of nitrogens with one attached hydrogen (secondary N) is 2. The minimum absolute atomic E-state index is 0.248. The highest BCUT2D eigenvalue weighted by Crippen LogP contribution is 2.37. The van der Waals surface area contributed by atoms with Gasteiger partial charge in [0.05, 0.1) is 12.2 Å². The fraction of sp³-hybridized carbons (Fsp3) is 0.318. The van der Waals surface area contributed by atoms with Crippen LogP contribution in [-0.2, 0) is 14.3 Å². The maximum atomic E-state index is 12.3. The second kappa shape index (κ2) is 6.92. The molecule has 0 spiro atoms. The molecule has 150 valence electrons. The average Bonchev–Trinajstić information content (AvgIpc) is 3.04. The normalized spacial score (nSPS) is 17.4. The largest absolute Gasteiger partial charge is 0.464 e. The molecule has 0 aliphatic carbocycles. The van der Waals surface area contributed by atoms with Crippen molar-refractivity contribution >= 4 is 45.3 Å². The topological polar surface area (TPSA) is 97.6 Å². The van der Waals surface area contributed by atoms with Gasteiger partial charge in [-0.15, -0.1) is 0 Å². The van der Waals surface area contributed by atoms with Crippen molar-refractivity contribution in [2.75, 3.05) is 5.32 Å². The molecule has 0 bridgehead atoms. The molecule has 2 aromatic carbocycles. The summed E-state index contributed by atoms with van der Waals surface area (Å²) in [6, 6.07) is 9.25. The van der Waals surface area contributed by atoms with E-state index in [0.29, 0.717) is 24.1 Å². The molecule has 1 aliphatic rings. The number of carbonyl (C=O) groups excluding carboxylic acids is 3. The highest BCUT2D eigenvalue weighted by atomic mass is 16.6. The van der Waals surface area contributed by atoms with Gasteiger partial charge in [0.25, 0.3) is 0 Å². The molecule has 0 unspecified atom stereocenters. The summed E-state index contributed by atoms with van der Waals surface area (Å²) in [5, 5.41) is 7.78. The summed E-state index contributed by atoms with van der Waals surface area (Å²) in [5.74, 6) is -0.981. The summed E-state index contributed by atoms with van der Waals surface area (Å²) in [4.78, 5) is 35.9. The van der Waals surface area contributed by atoms with Crippen molar-refractivity contribution in [2.24, 2.45) is 0 Å². The van der Waals surface area contributed by atoms with Crippen molar-refractivity contribution < 1.29 is 23.5 Å². The predicted molar refractivity (Wildman–Crippen MR) is 109 cm³/mol. The number of anilines is 1. The third-order valence-corrected chi connectivity index (χ3v) is 4.84. The summed E-state index contributed by atoms with van der Waals surface area (Å²) in [6.07, 6.45) is 1.83. The van der Waals surface area contributed by atoms with Gasteiger partial charge in [0.15, 0.2) is 0 Å². The van der Waals surface area contributed by atoms with Crippen LogP contribution in [0.25, 0.3) is 21.7 Å². The van der Waals surface area contributed by atoms with Crippen LogP contribution < -0.4 is 10.6 Å². The first-order valence-corrected chi connectivity index (χ1v) is 9.49. The second-order valence-corrected chi connectivity index (χ2v) is 8.20. The zero-order valence-corrected chi connectivity index (χ0v) is 16.5. The number of piperidine rings is 1. The molecule has 3 aromatic rings. The van der Waals surface area contributed by atoms with E-state index in [9.17, 15) is 14.4 Å². The first-order valence-electron chi connectivity index (χ1n) is 9.49. The fourth-order valence-corrected chi connectivity index (χ4v) is 3.64. The van der Waals surface area contributed by atoms with E-state index >= 15 is 0 Å². The highest BCUT2D eigenvalue weighted by molar-refractivity contribution is 6.11. The quantitative estimate of drug-likeness (QED) is 0.626. The second-order valence-electron chi connectivity index (χ2n) is 8.20. The summed E-state index contributed by atoms with van der Waals surface area (Å²) in [5.41, 5.74) is 1.46. The van der Waals surface area contributed by atoms with Crippen LogP contribution in [0, 0.1) is 0 Å². The monoisotopic (exact) mass is 394 g/mol. The van der Waals surface area contributed by atoms with Crippen molar-refractivity contribution in [1.82, 2.24) is 5.32 Å². The minimum Gasteiger partial charge on any atom is -0.464 e. The Hall–Kier alpha value is -3.35. The lowest BCUT2D eigenvalue weighted by Gasteiger charge is -2.20. The summed E-state index contributed by atoms with van der Waals surface area (Å²) < 4.78 is 11.0. The van der Waals surface area contributed by atoms with E-state index in [4.69, 9.17) is 9.15 Å². The Morgan fingerprint density at radius 3 is 2.72 bits per heavy atom. The zero-order chi connectivity index (χ0) is 20.8. The fourth-order valence-electron chi connectivity index (χ4n) is 3.64. The van der Waals surface area contributed by atoms with E-state index in [-0.39, 0.29) is 11.8 Å². The van der Waals surface area contributed by atoms with Crippen molar-refractivity contribution in [1.29, 1.82) is 0 Å². The number of ether oxygens (including phenoxy) is 1. The van der Waals surface area contributed by atoms with Crippen LogP contribution in [0.4, 0.5) is 10.5 Å². The molecule has 1 fully saturated rings. The SMILES string of the molecule is CC(C)(C)OC(=O)Nc1ccc2c(ccc3occ([C@@H]4CCC(=O)NC4=O)c32)c1. The molecule has 1 saturated heterocycles. The molecule has 0 radical (unpaired) electrons. The van der Waals surface area contributed by atoms with Crippen molar-refractivity contribution in [3.8, 4) is 0 Å². The molecular formula is C22H22N2O5. The third-order valence-electron chi connectivity index (χ3n) is 4.84. The van der Waals surface area contributed by atoms with Gasteiger partial charge in [-0.05, 0) is 56.2 Å². The predicted octanol–water partition coefficient (Wildman–Crippen LogP) is 4.45. The van der Waals surface area contributed by atoms with Crippen molar-refractivity contribution in [2.45, 2.75) is 45.1 Å². The van der Waals surface area contributed by atoms with Crippen LogP contribution in [0.3, 0.4) is 0 Å². The Kier molecular flexibility index (Phi) is 4.53. The third kappa shape index (κ3) is 3.81. The maximum Gasteiger partial charge on any atom is 0.412 e. The van der Waals surface area contributed by atoms with Gasteiger partial charge < -0.3 is 9.15 Å². The molecule has 1 atom stereocenters. The molecule has 1 aromatic heterocycles. The molecule has 2 heterocycles. The average molecular weight is 394 g/mol. The first-order chi connectivity index (χ1) is 13.7. The van der Waals surface area contributed by atoms with Gasteiger partial charge >= 0.3 is 6.09 Å². The number of imide groups is 1. The number of fused-ring (bicyclic) bond motifs is 3. The standard InChI is InChI=1S/C22H22N2O5/c1-22(2,3)29-21(27)23-13-5-6-14-12(10-13)4-8-17-19(14)16(11-28-17)15-7-9-18(25)24-20(15)26/h4-6,8,10-11,15H,7,9H2,1-3H3,(H,23,27)(H,24,25,26)/t15-/m0/s1. The number of amides is 3. The summed E-state index contributed by atoms with van der Waals surface area (Å²) >= 11 is 0. The van der Waals surface area contributed by atoms with Crippen molar-refractivity contribution in [3.05, 3.63) is 42.2 Å². The molecule has 0 saturated carbocycles. The molecule has 1 aliphatic heterocycles. The van der Waals surface area contributed by atoms with Gasteiger partial charge in [-0.1, -0.05) is 12.1 Å². The first kappa shape index (κ1) is 19.0. The van der Waals surface area contributed by atoms with Gasteiger partial charge in [0.1, 0.15) is 11.2 Å². The lowest BCUT2D eigenvalue weighted by molar-refractivity contribution is -0.134. The number of hydrogen-bond donors (Lipinski definition) is 2. The van der Waals surface area contributed by atoms with Gasteiger partial charge in [-0.3, -0.25) is 20.2 Å². The van der Waals surface area contributed by atoms with E-state index in [2.05, 4.69) is 10.6 Å². The van der Waals surface area contributed by atoms with E-state index in [1.165, 1.54) is 0 Å². The number of furan rings is 1. The lowest BCUT2D eigenvalue weighted by atomic mass is 9.89. The van der Waals surface area contributed by atoms with Crippen LogP contribution in [0.5, 0.6) is 0 Å². The molecule has 4 rings (SSSR count). The molecule has 2 N–H and O–H groups in total. The number of carbonyl (C=O) groups is 3. The molecular weight excluding hydrogens is 372 g/mol. The Morgan fingerprint density at radius 1 is 1.21 bits per heavy atom. The highest BCUT2D eigenvalue weighted by Gasteiger charge is 2.31. The maximum absolute atomic E-state index is 12.3. The van der Waals surface area contributed by atoms with Crippen molar-refractivity contribution in [3.63, 3.8) is 0 Å². The van der Waals surface area contributed by atoms with E-state index in [0.717, 1.165) is 21.7 Å². The molecule has 3 amide bonds. The number of rotatable bonds is 2. The summed E-state index contributed by atoms with van der Waals surface area (Å²) in [6.45, 7) is 5.41. The smallest absolute Gasteiger partial charge is 0.412 e. The lowest BCUT2D eigenvalue weighted by Crippen LogP contribution is -2.39. The van der Waals surface area contributed by atoms with Crippen LogP contribution in [0.15, 0.2) is 41.0 Å². The van der Waals surface area contributed by atoms with Gasteiger partial charge in [0.2, 0.25) is 11.8 Å². The van der Waals surface area contributed by atoms with Crippen LogP contribution in [-0.4, -0.2) is 23.5 Å². The Morgan fingerprint density at radius 2 is 2.00 bits per heavy atom. The Labute approximate surface area is 167 Å². The van der Waals surface area contributed by atoms with Crippen LogP contribution >= 0.6 is 0 Å². The number of hydrogen-bond acceptors (Lipinski definition) is 5. The van der Waals surface area contributed by atoms with Crippen LogP contribution in [0.2, 0.25) is 0 Å². The molecule has 7 heteroatoms. The Bertz CT molecular complexity index is 1140. The molecule has 29 heavy (non-hydrogen) atoms. The number of benzene rings is 2. The van der Waals surface area contributed by atoms with Gasteiger partial charge in [-0.2, -0.15) is 0 Å². The van der Waals surface area contributed by atoms with Gasteiger partial charge in [-0.25, -0.2) is 4.79 Å². The molecule has 7 nitrogen and oxygen atoms in total. The van der Waals surface area contributed by atoms with E-state index in [1.54, 1.807) is 33.1 Å². The zero-order valence-electron chi connectivity index (χ0n) is 16.5. The summed E-state index contributed by atoms with van der Waals surface area (Å²) in [7, 11) is 0. The van der Waals surface area contributed by atoms with E-state index < -0.39 is 17.6 Å². The minimum atomic E-state index is -0.583. The van der Waals surface area contributed by atoms with E-state index in [1.807, 2.05) is 24.3 Å². The van der Waals surface area contributed by atoms with Gasteiger partial charge in [0, 0.05) is 23.1 Å². The van der Waals surface area contributed by atoms with Crippen LogP contribution in [0.1, 0.15) is 45.1 Å².